The van der Waals surface area contributed by atoms with Crippen molar-refractivity contribution in [1.29, 1.82) is 0 Å². The molecule has 5 atom stereocenters. The van der Waals surface area contributed by atoms with Gasteiger partial charge in [-0.3, -0.25) is 52.6 Å². The molecule has 4 N–H and O–H groups in total. The summed E-state index contributed by atoms with van der Waals surface area (Å²) in [7, 11) is -4.34. The van der Waals surface area contributed by atoms with Crippen LogP contribution in [-0.4, -0.2) is 157 Å². The minimum absolute atomic E-state index is 0.0187. The number of morpholine rings is 1. The molecule has 4 fully saturated rings. The Morgan fingerprint density at radius 3 is 2.28 bits per heavy atom. The molecule has 2 aromatic heterocycles. The van der Waals surface area contributed by atoms with Gasteiger partial charge in [0, 0.05) is 68.6 Å². The molecule has 0 saturated carbocycles. The van der Waals surface area contributed by atoms with Crippen molar-refractivity contribution in [2.24, 2.45) is 12.5 Å². The number of aromatic nitrogens is 2. The summed E-state index contributed by atoms with van der Waals surface area (Å²) in [6.45, 7) is 5.93. The van der Waals surface area contributed by atoms with Crippen molar-refractivity contribution in [3.63, 3.8) is 0 Å². The van der Waals surface area contributed by atoms with Gasteiger partial charge in [-0.1, -0.05) is 57.2 Å². The third-order valence-corrected chi connectivity index (χ3v) is 16.6. The zero-order chi connectivity index (χ0) is 54.6. The van der Waals surface area contributed by atoms with Gasteiger partial charge in [0.2, 0.25) is 29.5 Å². The van der Waals surface area contributed by atoms with Gasteiger partial charge >= 0.3 is 18.9 Å². The monoisotopic (exact) mass is 1090 g/mol. The molecule has 76 heavy (non-hydrogen) atoms. The number of hydrogen-bond donors (Lipinski definition) is 4. The third kappa shape index (κ3) is 10.6. The van der Waals surface area contributed by atoms with Crippen LogP contribution < -0.4 is 16.3 Å². The minimum Gasteiger partial charge on any atom is -0.370 e. The Balaban J connectivity index is 0.888. The Labute approximate surface area is 437 Å². The summed E-state index contributed by atoms with van der Waals surface area (Å²) in [6, 6.07) is 15.0. The fraction of sp³-hybridized carbons (Fsp3) is 0.451. The van der Waals surface area contributed by atoms with Gasteiger partial charge in [-0.15, -0.1) is 11.3 Å². The smallest absolute Gasteiger partial charge is 0.370 e. The first-order valence-corrected chi connectivity index (χ1v) is 27.1. The van der Waals surface area contributed by atoms with Gasteiger partial charge in [0.15, 0.2) is 0 Å². The topological polar surface area (TPSA) is 259 Å². The number of hydrogen-bond acceptors (Lipinski definition) is 12. The van der Waals surface area contributed by atoms with E-state index in [0.29, 0.717) is 15.7 Å². The average Bonchev–Trinajstić information content (AvgIpc) is 4.12. The van der Waals surface area contributed by atoms with Crippen LogP contribution in [0.3, 0.4) is 0 Å². The number of aryl methyl sites for hydroxylation is 1. The number of fused-ring (bicyclic) bond motifs is 2. The van der Waals surface area contributed by atoms with Crippen LogP contribution in [-0.2, 0) is 50.7 Å². The van der Waals surface area contributed by atoms with E-state index in [9.17, 15) is 61.5 Å². The molecule has 4 aliphatic rings. The SMILES string of the molecule is Cn1c(=O)n(C2CCC(=O)NC2=O)c2ccc(C(=O)N3CCN(C(=O)CO[C@@H]4CCN(C(=O)[C@@H](NC(=O)c5cc6cc(C(F)(F)P(=O)(O)O)ccc6s5)C(C)(C)C)[C@@H]4C(=O)N4CCO[C@H](c5ccccc5)C4)CC3)cc21. The molecule has 1 unspecified atom stereocenters. The minimum atomic E-state index is -5.87. The summed E-state index contributed by atoms with van der Waals surface area (Å²) in [5, 5.41) is 5.20. The van der Waals surface area contributed by atoms with E-state index in [0.717, 1.165) is 29.0 Å². The number of rotatable bonds is 12. The van der Waals surface area contributed by atoms with Crippen LogP contribution in [0.25, 0.3) is 21.1 Å². The molecule has 21 nitrogen and oxygen atoms in total. The summed E-state index contributed by atoms with van der Waals surface area (Å²) >= 11 is 0.927. The van der Waals surface area contributed by atoms with Crippen molar-refractivity contribution in [3.05, 3.63) is 105 Å². The maximum Gasteiger partial charge on any atom is 0.399 e. The molecule has 404 valence electrons. The van der Waals surface area contributed by atoms with E-state index in [-0.39, 0.29) is 93.4 Å². The number of piperazine rings is 1. The first kappa shape index (κ1) is 54.1. The van der Waals surface area contributed by atoms with Crippen molar-refractivity contribution < 1.29 is 66.2 Å². The Kier molecular flexibility index (Phi) is 15.0. The first-order valence-electron chi connectivity index (χ1n) is 24.7. The van der Waals surface area contributed by atoms with E-state index in [1.54, 1.807) is 53.7 Å². The highest BCUT2D eigenvalue weighted by Gasteiger charge is 2.51. The van der Waals surface area contributed by atoms with E-state index in [2.05, 4.69) is 10.6 Å². The van der Waals surface area contributed by atoms with E-state index in [1.165, 1.54) is 33.2 Å². The number of likely N-dealkylation sites (tertiary alicyclic amines) is 1. The number of ether oxygens (including phenoxy) is 2. The molecule has 6 heterocycles. The van der Waals surface area contributed by atoms with Crippen molar-refractivity contribution in [2.75, 3.05) is 59.0 Å². The lowest BCUT2D eigenvalue weighted by molar-refractivity contribution is -0.156. The number of nitrogens with zero attached hydrogens (tertiary/aromatic N) is 6. The number of benzene rings is 3. The lowest BCUT2D eigenvalue weighted by atomic mass is 9.85. The molecular weight excluding hydrogens is 1030 g/mol. The van der Waals surface area contributed by atoms with Gasteiger partial charge in [-0.05, 0) is 65.6 Å². The van der Waals surface area contributed by atoms with Crippen LogP contribution in [0.5, 0.6) is 0 Å². The number of halogens is 2. The van der Waals surface area contributed by atoms with Gasteiger partial charge in [0.05, 0.1) is 35.2 Å². The van der Waals surface area contributed by atoms with Crippen LogP contribution in [0.15, 0.2) is 77.6 Å². The highest BCUT2D eigenvalue weighted by molar-refractivity contribution is 7.52. The fourth-order valence-electron chi connectivity index (χ4n) is 10.2. The molecule has 25 heteroatoms. The third-order valence-electron chi connectivity index (χ3n) is 14.5. The summed E-state index contributed by atoms with van der Waals surface area (Å²) in [5.41, 5.74) is -4.85. The molecular formula is C51H57F2N8O13PS. The van der Waals surface area contributed by atoms with Crippen molar-refractivity contribution in [3.8, 4) is 0 Å². The van der Waals surface area contributed by atoms with Gasteiger partial charge < -0.3 is 44.2 Å². The average molecular weight is 1090 g/mol. The molecule has 4 aliphatic heterocycles. The van der Waals surface area contributed by atoms with E-state index < -0.39 is 102 Å². The molecule has 5 aromatic rings. The van der Waals surface area contributed by atoms with E-state index >= 15 is 0 Å². The molecule has 9 rings (SSSR count). The van der Waals surface area contributed by atoms with Gasteiger partial charge in [0.25, 0.3) is 11.8 Å². The zero-order valence-electron chi connectivity index (χ0n) is 42.0. The predicted molar refractivity (Wildman–Crippen MR) is 271 cm³/mol. The Morgan fingerprint density at radius 2 is 1.59 bits per heavy atom. The Bertz CT molecular complexity index is 3250. The van der Waals surface area contributed by atoms with Crippen LogP contribution in [0.1, 0.15) is 83.3 Å². The number of alkyl halides is 2. The largest absolute Gasteiger partial charge is 0.399 e. The summed E-state index contributed by atoms with van der Waals surface area (Å²) in [5.74, 6) is -3.52. The van der Waals surface area contributed by atoms with E-state index in [1.807, 2.05) is 30.3 Å². The predicted octanol–water partition coefficient (Wildman–Crippen LogP) is 3.47. The number of thiophene rings is 1. The summed E-state index contributed by atoms with van der Waals surface area (Å²) < 4.78 is 56.2. The van der Waals surface area contributed by atoms with Crippen LogP contribution in [0.2, 0.25) is 0 Å². The molecule has 3 aromatic carbocycles. The molecule has 0 aliphatic carbocycles. The van der Waals surface area contributed by atoms with Crippen molar-refractivity contribution in [2.45, 2.75) is 76.0 Å². The molecule has 7 amide bonds. The van der Waals surface area contributed by atoms with Gasteiger partial charge in [0.1, 0.15) is 30.8 Å². The second-order valence-corrected chi connectivity index (χ2v) is 23.2. The highest BCUT2D eigenvalue weighted by atomic mass is 32.1. The standard InChI is InChI=1S/C51H57F2N8O13PS/c1-50(2,3)43(55-45(65)39-26-31-24-32(11-14-38(31)76-39)51(52,53)75(70,71)72)48(68)60-17-16-36(42(60)47(67)59-22-23-73-37(27-59)29-8-6-5-7-9-29)74-28-41(63)57-18-20-58(21-19-57)46(66)30-10-12-33-35(25-30)56(4)49(69)61(33)34-13-15-40(62)54-44(34)64/h5-12,14,24-26,34,36-37,42-43H,13,15-23,27-28H2,1-4H3,(H,55,65)(H,54,62,64)(H2,70,71,72)/t34?,36-,37+,42+,43-/m1/s1. The Hall–Kier alpha value is -6.69. The number of nitrogens with one attached hydrogen (secondary N) is 2. The van der Waals surface area contributed by atoms with Crippen molar-refractivity contribution in [1.82, 2.24) is 39.4 Å². The maximum absolute atomic E-state index is 14.9. The molecule has 0 bridgehead atoms. The molecule has 4 saturated heterocycles. The van der Waals surface area contributed by atoms with Gasteiger partial charge in [-0.2, -0.15) is 8.78 Å². The number of carbonyl (C=O) groups is 7. The Morgan fingerprint density at radius 1 is 0.882 bits per heavy atom. The zero-order valence-corrected chi connectivity index (χ0v) is 43.7. The molecule has 0 radical (unpaired) electrons. The normalized spacial score (nSPS) is 21.3. The van der Waals surface area contributed by atoms with Crippen molar-refractivity contribution >= 4 is 81.4 Å². The lowest BCUT2D eigenvalue weighted by Gasteiger charge is -2.39. The quantitative estimate of drug-likeness (QED) is 0.103. The summed E-state index contributed by atoms with van der Waals surface area (Å²) in [6.07, 6.45) is -1.04. The lowest BCUT2D eigenvalue weighted by Crippen LogP contribution is -2.60. The highest BCUT2D eigenvalue weighted by Crippen LogP contribution is 2.59. The van der Waals surface area contributed by atoms with Crippen LogP contribution in [0.4, 0.5) is 8.78 Å². The number of piperidine rings is 1. The fourth-order valence-corrected chi connectivity index (χ4v) is 11.7. The van der Waals surface area contributed by atoms with E-state index in [4.69, 9.17) is 9.47 Å². The number of imidazole rings is 1. The van der Waals surface area contributed by atoms with Crippen LogP contribution >= 0.6 is 18.9 Å². The summed E-state index contributed by atoms with van der Waals surface area (Å²) in [4.78, 5) is 134. The maximum atomic E-state index is 14.9. The number of imide groups is 1. The van der Waals surface area contributed by atoms with Crippen LogP contribution in [0, 0.1) is 5.41 Å². The number of carbonyl (C=O) groups excluding carboxylic acids is 7. The second kappa shape index (κ2) is 21.0. The second-order valence-electron chi connectivity index (χ2n) is 20.4. The number of amides is 7. The molecule has 0 spiro atoms. The van der Waals surface area contributed by atoms with Gasteiger partial charge in [-0.25, -0.2) is 4.79 Å². The first-order chi connectivity index (χ1) is 35.9.